The number of amides is 5. The maximum absolute atomic E-state index is 12.1. The average Bonchev–Trinajstić information content (AvgIpc) is 2.45. The van der Waals surface area contributed by atoms with Crippen molar-refractivity contribution in [1.82, 2.24) is 10.2 Å². The zero-order valence-electron chi connectivity index (χ0n) is 11.3. The van der Waals surface area contributed by atoms with Gasteiger partial charge in [-0.05, 0) is 12.1 Å². The summed E-state index contributed by atoms with van der Waals surface area (Å²) < 4.78 is 0. The van der Waals surface area contributed by atoms with Gasteiger partial charge in [0.15, 0.2) is 0 Å². The number of nitrogens with one attached hydrogen (secondary N) is 2. The third kappa shape index (κ3) is 2.83. The van der Waals surface area contributed by atoms with E-state index in [1.165, 1.54) is 19.2 Å². The second kappa shape index (κ2) is 5.61. The molecule has 2 rings (SSSR count). The lowest BCUT2D eigenvalue weighted by molar-refractivity contribution is -0.138. The van der Waals surface area contributed by atoms with E-state index in [2.05, 4.69) is 10.6 Å². The quantitative estimate of drug-likeness (QED) is 0.651. The molecule has 8 heteroatoms. The summed E-state index contributed by atoms with van der Waals surface area (Å²) in [6.45, 7) is -0.0907. The second-order valence-electron chi connectivity index (χ2n) is 4.53. The number of nitrogens with two attached hydrogens (primary N) is 1. The van der Waals surface area contributed by atoms with Crippen LogP contribution in [0.4, 0.5) is 10.5 Å². The number of imide groups is 1. The van der Waals surface area contributed by atoms with E-state index >= 15 is 0 Å². The van der Waals surface area contributed by atoms with Gasteiger partial charge in [0.25, 0.3) is 5.91 Å². The summed E-state index contributed by atoms with van der Waals surface area (Å²) in [6.07, 6.45) is 0. The molecule has 0 spiro atoms. The van der Waals surface area contributed by atoms with Crippen molar-refractivity contribution in [2.45, 2.75) is 0 Å². The van der Waals surface area contributed by atoms with Gasteiger partial charge in [-0.25, -0.2) is 4.79 Å². The number of benzene rings is 1. The Morgan fingerprint density at radius 3 is 2.67 bits per heavy atom. The SMILES string of the molecule is CN1C(=O)NCC(C(=O)Nc2ccccc2C(N)=O)C1=O. The molecule has 0 aliphatic carbocycles. The normalized spacial score (nSPS) is 18.1. The van der Waals surface area contributed by atoms with Crippen molar-refractivity contribution in [3.05, 3.63) is 29.8 Å². The lowest BCUT2D eigenvalue weighted by Crippen LogP contribution is -2.56. The third-order valence-electron chi connectivity index (χ3n) is 3.16. The first kappa shape index (κ1) is 14.5. The monoisotopic (exact) mass is 290 g/mol. The fourth-order valence-electron chi connectivity index (χ4n) is 1.96. The van der Waals surface area contributed by atoms with E-state index < -0.39 is 29.7 Å². The molecule has 1 heterocycles. The Hall–Kier alpha value is -2.90. The largest absolute Gasteiger partial charge is 0.366 e. The first-order valence-corrected chi connectivity index (χ1v) is 6.17. The first-order chi connectivity index (χ1) is 9.91. The van der Waals surface area contributed by atoms with E-state index in [0.29, 0.717) is 0 Å². The van der Waals surface area contributed by atoms with Crippen LogP contribution in [-0.2, 0) is 9.59 Å². The van der Waals surface area contributed by atoms with E-state index in [4.69, 9.17) is 5.73 Å². The minimum atomic E-state index is -1.05. The molecule has 1 aliphatic rings. The Bertz CT molecular complexity index is 628. The number of carbonyl (C=O) groups excluding carboxylic acids is 4. The molecular formula is C13H14N4O4. The maximum atomic E-state index is 12.1. The molecule has 0 aromatic heterocycles. The van der Waals surface area contributed by atoms with Gasteiger partial charge < -0.3 is 16.4 Å². The molecule has 0 bridgehead atoms. The van der Waals surface area contributed by atoms with E-state index in [9.17, 15) is 19.2 Å². The molecule has 0 radical (unpaired) electrons. The zero-order valence-corrected chi connectivity index (χ0v) is 11.3. The summed E-state index contributed by atoms with van der Waals surface area (Å²) >= 11 is 0. The Labute approximate surface area is 120 Å². The number of rotatable bonds is 3. The lowest BCUT2D eigenvalue weighted by atomic mass is 10.0. The number of para-hydroxylation sites is 1. The molecule has 1 unspecified atom stereocenters. The number of hydrogen-bond donors (Lipinski definition) is 3. The summed E-state index contributed by atoms with van der Waals surface area (Å²) in [4.78, 5) is 47.4. The summed E-state index contributed by atoms with van der Waals surface area (Å²) in [5.74, 6) is -2.95. The predicted octanol–water partition coefficient (Wildman–Crippen LogP) is -0.478. The topological polar surface area (TPSA) is 122 Å². The lowest BCUT2D eigenvalue weighted by Gasteiger charge is -2.27. The van der Waals surface area contributed by atoms with Crippen molar-refractivity contribution >= 4 is 29.4 Å². The summed E-state index contributed by atoms with van der Waals surface area (Å²) in [5.41, 5.74) is 5.58. The van der Waals surface area contributed by atoms with Gasteiger partial charge in [-0.3, -0.25) is 19.3 Å². The highest BCUT2D eigenvalue weighted by atomic mass is 16.2. The van der Waals surface area contributed by atoms with Crippen LogP contribution < -0.4 is 16.4 Å². The molecule has 0 saturated carbocycles. The highest BCUT2D eigenvalue weighted by molar-refractivity contribution is 6.13. The highest BCUT2D eigenvalue weighted by Gasteiger charge is 2.36. The minimum Gasteiger partial charge on any atom is -0.366 e. The highest BCUT2D eigenvalue weighted by Crippen LogP contribution is 2.17. The molecule has 1 saturated heterocycles. The van der Waals surface area contributed by atoms with Gasteiger partial charge in [-0.2, -0.15) is 0 Å². The summed E-state index contributed by atoms with van der Waals surface area (Å²) in [6, 6.07) is 5.65. The Morgan fingerprint density at radius 2 is 2.00 bits per heavy atom. The average molecular weight is 290 g/mol. The molecule has 1 fully saturated rings. The summed E-state index contributed by atoms with van der Waals surface area (Å²) in [5, 5.41) is 4.92. The summed E-state index contributed by atoms with van der Waals surface area (Å²) in [7, 11) is 1.29. The van der Waals surface area contributed by atoms with Crippen LogP contribution in [-0.4, -0.2) is 42.2 Å². The number of carbonyl (C=O) groups is 4. The number of hydrogen-bond acceptors (Lipinski definition) is 4. The smallest absolute Gasteiger partial charge is 0.323 e. The van der Waals surface area contributed by atoms with E-state index in [0.717, 1.165) is 4.90 Å². The zero-order chi connectivity index (χ0) is 15.6. The molecule has 5 amide bonds. The van der Waals surface area contributed by atoms with Crippen LogP contribution in [0.15, 0.2) is 24.3 Å². The van der Waals surface area contributed by atoms with E-state index in [1.807, 2.05) is 0 Å². The van der Waals surface area contributed by atoms with Crippen LogP contribution in [0, 0.1) is 5.92 Å². The van der Waals surface area contributed by atoms with Crippen molar-refractivity contribution in [3.8, 4) is 0 Å². The molecule has 1 atom stereocenters. The van der Waals surface area contributed by atoms with Crippen molar-refractivity contribution in [1.29, 1.82) is 0 Å². The van der Waals surface area contributed by atoms with E-state index in [-0.39, 0.29) is 17.8 Å². The standard InChI is InChI=1S/C13H14N4O4/c1-17-12(20)8(6-15-13(17)21)11(19)16-9-5-3-2-4-7(9)10(14)18/h2-5,8H,6H2,1H3,(H2,14,18)(H,15,21)(H,16,19). The predicted molar refractivity (Wildman–Crippen MR) is 73.2 cm³/mol. The van der Waals surface area contributed by atoms with Gasteiger partial charge >= 0.3 is 6.03 Å². The third-order valence-corrected chi connectivity index (χ3v) is 3.16. The minimum absolute atomic E-state index is 0.0907. The molecule has 8 nitrogen and oxygen atoms in total. The number of nitrogens with zero attached hydrogens (tertiary/aromatic N) is 1. The Morgan fingerprint density at radius 1 is 1.33 bits per heavy atom. The van der Waals surface area contributed by atoms with Crippen molar-refractivity contribution < 1.29 is 19.2 Å². The molecule has 110 valence electrons. The van der Waals surface area contributed by atoms with Crippen LogP contribution in [0.5, 0.6) is 0 Å². The van der Waals surface area contributed by atoms with Gasteiger partial charge in [0.05, 0.1) is 11.3 Å². The van der Waals surface area contributed by atoms with Crippen LogP contribution in [0.1, 0.15) is 10.4 Å². The number of anilines is 1. The Kier molecular flexibility index (Phi) is 3.88. The van der Waals surface area contributed by atoms with Crippen molar-refractivity contribution in [3.63, 3.8) is 0 Å². The number of urea groups is 1. The molecule has 1 aromatic carbocycles. The molecule has 1 aromatic rings. The number of primary amides is 1. The fraction of sp³-hybridized carbons (Fsp3) is 0.231. The van der Waals surface area contributed by atoms with Gasteiger partial charge in [0, 0.05) is 13.6 Å². The van der Waals surface area contributed by atoms with Gasteiger partial charge in [-0.1, -0.05) is 12.1 Å². The first-order valence-electron chi connectivity index (χ1n) is 6.17. The van der Waals surface area contributed by atoms with E-state index in [1.54, 1.807) is 12.1 Å². The van der Waals surface area contributed by atoms with Crippen LogP contribution in [0.2, 0.25) is 0 Å². The molecule has 1 aliphatic heterocycles. The van der Waals surface area contributed by atoms with Gasteiger partial charge in [0.2, 0.25) is 11.8 Å². The Balaban J connectivity index is 2.17. The molecule has 4 N–H and O–H groups in total. The van der Waals surface area contributed by atoms with Gasteiger partial charge in [0.1, 0.15) is 5.92 Å². The van der Waals surface area contributed by atoms with Crippen molar-refractivity contribution in [2.75, 3.05) is 18.9 Å². The maximum Gasteiger partial charge on any atom is 0.323 e. The van der Waals surface area contributed by atoms with Gasteiger partial charge in [-0.15, -0.1) is 0 Å². The van der Waals surface area contributed by atoms with Crippen LogP contribution in [0.3, 0.4) is 0 Å². The molecule has 21 heavy (non-hydrogen) atoms. The van der Waals surface area contributed by atoms with Crippen LogP contribution >= 0.6 is 0 Å². The fourth-order valence-corrected chi connectivity index (χ4v) is 1.96. The second-order valence-corrected chi connectivity index (χ2v) is 4.53. The van der Waals surface area contributed by atoms with Crippen LogP contribution in [0.25, 0.3) is 0 Å². The van der Waals surface area contributed by atoms with Crippen molar-refractivity contribution in [2.24, 2.45) is 11.7 Å². The molecular weight excluding hydrogens is 276 g/mol.